The second-order valence-electron chi connectivity index (χ2n) is 17.2. The molecule has 2 unspecified atom stereocenters. The Hall–Kier alpha value is -4.61. The molecule has 58 heavy (non-hydrogen) atoms. The first-order valence-electron chi connectivity index (χ1n) is 21.0. The quantitative estimate of drug-likeness (QED) is 0.113. The number of benzene rings is 3. The maximum absolute atomic E-state index is 17.9. The molecule has 9 rings (SSSR count). The minimum absolute atomic E-state index is 0.00212. The first-order valence-corrected chi connectivity index (χ1v) is 21.0. The van der Waals surface area contributed by atoms with Gasteiger partial charge in [0.1, 0.15) is 28.4 Å². The van der Waals surface area contributed by atoms with Crippen molar-refractivity contribution in [2.24, 2.45) is 18.4 Å². The van der Waals surface area contributed by atoms with Gasteiger partial charge in [0.25, 0.3) is 0 Å². The molecule has 2 atom stereocenters. The molecule has 1 aliphatic carbocycles. The standard InChI is InChI=1S/C45H54F2N8O3/c1-5-33-36(46)10-9-30-22-32(56)23-34(37(30)33)38-40(47)42-39(35-26-51(3)50-41(35)38)43(55-24-29-11-17-53(16-8-20-57-4)25-31(55)21-29)49-44(48-42)58-28-45(12-13-45)27-54-15-7-14-52(6-2)18-19-54/h1,9-10,22-23,26,29,31,56H,6-8,11-21,24-25,27-28H2,2-4H3. The number of anilines is 1. The summed E-state index contributed by atoms with van der Waals surface area (Å²) in [6, 6.07) is 6.05. The van der Waals surface area contributed by atoms with Crippen LogP contribution in [0, 0.1) is 35.3 Å². The van der Waals surface area contributed by atoms with E-state index in [1.54, 1.807) is 24.9 Å². The van der Waals surface area contributed by atoms with Gasteiger partial charge in [-0.1, -0.05) is 18.9 Å². The van der Waals surface area contributed by atoms with E-state index in [4.69, 9.17) is 31.0 Å². The van der Waals surface area contributed by atoms with Gasteiger partial charge in [0.15, 0.2) is 5.82 Å². The van der Waals surface area contributed by atoms with Crippen LogP contribution >= 0.6 is 0 Å². The second-order valence-corrected chi connectivity index (χ2v) is 17.2. The Bertz CT molecular complexity index is 2390. The highest BCUT2D eigenvalue weighted by Gasteiger charge is 2.45. The van der Waals surface area contributed by atoms with Gasteiger partial charge < -0.3 is 34.2 Å². The molecule has 4 fully saturated rings. The highest BCUT2D eigenvalue weighted by atomic mass is 19.1. The van der Waals surface area contributed by atoms with Gasteiger partial charge >= 0.3 is 6.01 Å². The number of terminal acetylenes is 1. The first kappa shape index (κ1) is 38.9. The molecule has 306 valence electrons. The fourth-order valence-corrected chi connectivity index (χ4v) is 9.96. The van der Waals surface area contributed by atoms with Gasteiger partial charge in [-0.2, -0.15) is 15.1 Å². The highest BCUT2D eigenvalue weighted by molar-refractivity contribution is 6.18. The molecule has 1 saturated carbocycles. The number of fused-ring (bicyclic) bond motifs is 6. The van der Waals surface area contributed by atoms with Crippen molar-refractivity contribution in [3.63, 3.8) is 0 Å². The average molecular weight is 793 g/mol. The Kier molecular flexibility index (Phi) is 10.6. The van der Waals surface area contributed by atoms with Crippen molar-refractivity contribution in [2.45, 2.75) is 51.5 Å². The zero-order chi connectivity index (χ0) is 40.1. The number of ether oxygens (including phenoxy) is 2. The van der Waals surface area contributed by atoms with E-state index in [-0.39, 0.29) is 45.4 Å². The lowest BCUT2D eigenvalue weighted by Crippen LogP contribution is -2.42. The van der Waals surface area contributed by atoms with Crippen LogP contribution in [0.3, 0.4) is 0 Å². The van der Waals surface area contributed by atoms with Crippen molar-refractivity contribution < 1.29 is 23.4 Å². The number of hydrogen-bond acceptors (Lipinski definition) is 10. The molecule has 5 aromatic rings. The predicted octanol–water partition coefficient (Wildman–Crippen LogP) is 6.43. The molecule has 3 saturated heterocycles. The minimum atomic E-state index is -0.652. The third-order valence-electron chi connectivity index (χ3n) is 13.2. The molecular formula is C45H54F2N8O3. The van der Waals surface area contributed by atoms with Gasteiger partial charge in [-0.3, -0.25) is 4.68 Å². The normalized spacial score (nSPS) is 21.5. The number of halogens is 2. The number of likely N-dealkylation sites (tertiary alicyclic amines) is 1. The topological polar surface area (TPSA) is 95.3 Å². The Morgan fingerprint density at radius 1 is 1.00 bits per heavy atom. The molecule has 2 aromatic heterocycles. The number of methoxy groups -OCH3 is 1. The number of aryl methyl sites for hydroxylation is 1. The summed E-state index contributed by atoms with van der Waals surface area (Å²) in [6.07, 6.45) is 14.1. The highest BCUT2D eigenvalue weighted by Crippen LogP contribution is 2.48. The number of nitrogens with zero attached hydrogens (tertiary/aromatic N) is 8. The molecule has 2 bridgehead atoms. The van der Waals surface area contributed by atoms with Crippen molar-refractivity contribution in [1.82, 2.24) is 34.4 Å². The lowest BCUT2D eigenvalue weighted by Gasteiger charge is -2.33. The monoisotopic (exact) mass is 792 g/mol. The molecule has 11 nitrogen and oxygen atoms in total. The van der Waals surface area contributed by atoms with Gasteiger partial charge in [0.2, 0.25) is 0 Å². The van der Waals surface area contributed by atoms with E-state index in [1.165, 1.54) is 18.2 Å². The Balaban J connectivity index is 1.18. The SMILES string of the molecule is C#Cc1c(F)ccc2cc(O)cc(-c3c(F)c4nc(OCC5(CN6CCCN(CC)CC6)CC5)nc(N5CC6CCN(CCCOC)CC5C6)c4c4cn(C)nc34)c12. The molecule has 5 heterocycles. The molecule has 3 aliphatic heterocycles. The van der Waals surface area contributed by atoms with Crippen molar-refractivity contribution in [1.29, 1.82) is 0 Å². The number of hydrogen-bond donors (Lipinski definition) is 1. The van der Waals surface area contributed by atoms with Gasteiger partial charge in [0.05, 0.1) is 17.6 Å². The van der Waals surface area contributed by atoms with E-state index >= 15 is 8.78 Å². The summed E-state index contributed by atoms with van der Waals surface area (Å²) >= 11 is 0. The third-order valence-corrected chi connectivity index (χ3v) is 13.2. The molecule has 0 amide bonds. The largest absolute Gasteiger partial charge is 0.508 e. The molecule has 1 N–H and O–H groups in total. The van der Waals surface area contributed by atoms with E-state index in [0.717, 1.165) is 104 Å². The number of rotatable bonds is 12. The van der Waals surface area contributed by atoms with Crippen LogP contribution in [0.4, 0.5) is 14.6 Å². The Morgan fingerprint density at radius 2 is 1.83 bits per heavy atom. The maximum atomic E-state index is 17.9. The summed E-state index contributed by atoms with van der Waals surface area (Å²) in [6.45, 7) is 13.4. The van der Waals surface area contributed by atoms with Gasteiger partial charge in [-0.15, -0.1) is 6.42 Å². The van der Waals surface area contributed by atoms with Crippen LogP contribution in [0.1, 0.15) is 51.0 Å². The van der Waals surface area contributed by atoms with Crippen molar-refractivity contribution in [2.75, 3.05) is 90.7 Å². The molecule has 0 spiro atoms. The van der Waals surface area contributed by atoms with Gasteiger partial charge in [0, 0.05) is 94.0 Å². The number of aromatic hydroxyl groups is 1. The molecule has 4 aliphatic rings. The van der Waals surface area contributed by atoms with Crippen LogP contribution in [0.5, 0.6) is 11.8 Å². The number of phenolic OH excluding ortho intramolecular Hbond substituents is 1. The van der Waals surface area contributed by atoms with Crippen molar-refractivity contribution in [3.05, 3.63) is 47.7 Å². The van der Waals surface area contributed by atoms with Crippen LogP contribution in [0.25, 0.3) is 43.7 Å². The van der Waals surface area contributed by atoms with Crippen LogP contribution in [-0.2, 0) is 11.8 Å². The van der Waals surface area contributed by atoms with E-state index < -0.39 is 11.6 Å². The second kappa shape index (κ2) is 15.9. The van der Waals surface area contributed by atoms with E-state index in [0.29, 0.717) is 52.0 Å². The van der Waals surface area contributed by atoms with Crippen molar-refractivity contribution >= 4 is 38.4 Å². The summed E-state index contributed by atoms with van der Waals surface area (Å²) in [5.74, 6) is 2.22. The Labute approximate surface area is 338 Å². The lowest BCUT2D eigenvalue weighted by molar-refractivity contribution is 0.156. The van der Waals surface area contributed by atoms with E-state index in [1.807, 2.05) is 6.20 Å². The van der Waals surface area contributed by atoms with Crippen LogP contribution in [0.2, 0.25) is 0 Å². The molecule has 3 aromatic carbocycles. The average Bonchev–Trinajstić information content (AvgIpc) is 3.84. The smallest absolute Gasteiger partial charge is 0.319 e. The fraction of sp³-hybridized carbons (Fsp3) is 0.533. The molecule has 13 heteroatoms. The first-order chi connectivity index (χ1) is 28.2. The third kappa shape index (κ3) is 7.33. The zero-order valence-corrected chi connectivity index (χ0v) is 33.9. The fourth-order valence-electron chi connectivity index (χ4n) is 9.96. The predicted molar refractivity (Wildman–Crippen MR) is 223 cm³/mol. The van der Waals surface area contributed by atoms with Crippen molar-refractivity contribution in [3.8, 4) is 35.2 Å². The van der Waals surface area contributed by atoms with Crippen LogP contribution in [0.15, 0.2) is 30.5 Å². The number of phenols is 1. The Morgan fingerprint density at radius 3 is 2.62 bits per heavy atom. The zero-order valence-electron chi connectivity index (χ0n) is 33.9. The maximum Gasteiger partial charge on any atom is 0.319 e. The van der Waals surface area contributed by atoms with E-state index in [2.05, 4.69) is 32.4 Å². The summed E-state index contributed by atoms with van der Waals surface area (Å²) in [7, 11) is 3.54. The number of aromatic nitrogens is 4. The van der Waals surface area contributed by atoms with Gasteiger partial charge in [-0.25, -0.2) is 8.78 Å². The molecule has 0 radical (unpaired) electrons. The summed E-state index contributed by atoms with van der Waals surface area (Å²) in [4.78, 5) is 20.1. The summed E-state index contributed by atoms with van der Waals surface area (Å²) in [5.41, 5.74) is 0.757. The van der Waals surface area contributed by atoms with Crippen LogP contribution < -0.4 is 9.64 Å². The summed E-state index contributed by atoms with van der Waals surface area (Å²) in [5, 5.41) is 17.8. The van der Waals surface area contributed by atoms with E-state index in [9.17, 15) is 5.11 Å². The molecular weight excluding hydrogens is 739 g/mol. The minimum Gasteiger partial charge on any atom is -0.508 e. The summed E-state index contributed by atoms with van der Waals surface area (Å²) < 4.78 is 46.9. The lowest BCUT2D eigenvalue weighted by atomic mass is 9.91. The van der Waals surface area contributed by atoms with Crippen LogP contribution in [-0.4, -0.2) is 131 Å². The number of likely N-dealkylation sites (N-methyl/N-ethyl adjacent to an activating group) is 1. The van der Waals surface area contributed by atoms with Gasteiger partial charge in [-0.05, 0) is 99.8 Å².